The van der Waals surface area contributed by atoms with Crippen molar-refractivity contribution in [3.05, 3.63) is 71.0 Å². The molecule has 15 nitrogen and oxygen atoms in total. The second kappa shape index (κ2) is 21.1. The van der Waals surface area contributed by atoms with Crippen LogP contribution < -0.4 is 15.6 Å². The molecule has 2 amide bonds. The molecule has 2 aromatic heterocycles. The molecule has 0 aliphatic carbocycles. The fraction of sp³-hybridized carbons (Fsp3) is 0.558. The first kappa shape index (κ1) is 51.2. The minimum Gasteiger partial charge on any atom is -0.480 e. The van der Waals surface area contributed by atoms with Crippen LogP contribution in [-0.4, -0.2) is 119 Å². The number of ether oxygens (including phenoxy) is 3. The summed E-state index contributed by atoms with van der Waals surface area (Å²) in [7, 11) is 1.67. The van der Waals surface area contributed by atoms with E-state index in [-0.39, 0.29) is 37.2 Å². The summed E-state index contributed by atoms with van der Waals surface area (Å²) >= 11 is 0. The number of carbonyl (C=O) groups excluding carboxylic acids is 3. The molecule has 3 aliphatic rings. The third-order valence-corrected chi connectivity index (χ3v) is 13.4. The topological polar surface area (TPSA) is 168 Å². The number of aryl methyl sites for hydroxylation is 1. The largest absolute Gasteiger partial charge is 0.480 e. The number of amides is 2. The van der Waals surface area contributed by atoms with Crippen LogP contribution in [-0.2, 0) is 48.0 Å². The molecule has 0 bridgehead atoms. The lowest BCUT2D eigenvalue weighted by atomic mass is 9.84. The number of hydrogen-bond donors (Lipinski definition) is 3. The fourth-order valence-corrected chi connectivity index (χ4v) is 10.1. The Labute approximate surface area is 403 Å². The van der Waals surface area contributed by atoms with E-state index in [4.69, 9.17) is 19.2 Å². The minimum absolute atomic E-state index is 0.159. The zero-order valence-electron chi connectivity index (χ0n) is 41.5. The number of halogens is 2. The summed E-state index contributed by atoms with van der Waals surface area (Å²) < 4.78 is 49.2. The van der Waals surface area contributed by atoms with Crippen LogP contribution in [0.1, 0.15) is 116 Å². The summed E-state index contributed by atoms with van der Waals surface area (Å²) in [6.45, 7) is 19.4. The Kier molecular flexibility index (Phi) is 15.7. The van der Waals surface area contributed by atoms with Gasteiger partial charge >= 0.3 is 18.0 Å². The van der Waals surface area contributed by atoms with Crippen molar-refractivity contribution in [1.82, 2.24) is 30.2 Å². The molecule has 0 spiro atoms. The number of pyridine rings is 1. The van der Waals surface area contributed by atoms with Gasteiger partial charge in [0.15, 0.2) is 0 Å². The number of alkyl carbamates (subject to hydrolysis) is 1. The number of nitrogens with one attached hydrogen (secondary N) is 2. The van der Waals surface area contributed by atoms with Gasteiger partial charge in [0.2, 0.25) is 0 Å². The summed E-state index contributed by atoms with van der Waals surface area (Å²) in [5, 5.41) is 14.4. The molecule has 7 rings (SSSR count). The van der Waals surface area contributed by atoms with E-state index < -0.39 is 47.5 Å². The summed E-state index contributed by atoms with van der Waals surface area (Å²) in [4.78, 5) is 61.5. The van der Waals surface area contributed by atoms with Crippen molar-refractivity contribution in [2.75, 3.05) is 51.3 Å². The Balaban J connectivity index is 1.36. The number of fused-ring (bicyclic) bond motifs is 2. The van der Waals surface area contributed by atoms with Gasteiger partial charge in [0.1, 0.15) is 17.7 Å². The molecule has 4 atom stereocenters. The number of rotatable bonds is 16. The van der Waals surface area contributed by atoms with Crippen LogP contribution in [0.25, 0.3) is 33.3 Å². The van der Waals surface area contributed by atoms with Gasteiger partial charge in [-0.1, -0.05) is 32.0 Å². The Morgan fingerprint density at radius 3 is 2.41 bits per heavy atom. The van der Waals surface area contributed by atoms with Crippen LogP contribution >= 0.6 is 0 Å². The molecule has 374 valence electrons. The van der Waals surface area contributed by atoms with Gasteiger partial charge in [-0.3, -0.25) is 29.3 Å². The van der Waals surface area contributed by atoms with E-state index in [2.05, 4.69) is 51.9 Å². The maximum absolute atomic E-state index is 14.9. The van der Waals surface area contributed by atoms with Crippen LogP contribution in [0.5, 0.6) is 0 Å². The maximum Gasteiger partial charge on any atom is 0.408 e. The highest BCUT2D eigenvalue weighted by Crippen LogP contribution is 2.43. The molecule has 3 unspecified atom stereocenters. The van der Waals surface area contributed by atoms with Crippen molar-refractivity contribution in [1.29, 1.82) is 0 Å². The number of nitrogens with zero attached hydrogens (tertiary/aromatic N) is 5. The third kappa shape index (κ3) is 12.0. The van der Waals surface area contributed by atoms with Gasteiger partial charge in [-0.25, -0.2) is 19.0 Å². The quantitative estimate of drug-likeness (QED) is 0.0919. The molecule has 3 fully saturated rings. The predicted molar refractivity (Wildman–Crippen MR) is 260 cm³/mol. The van der Waals surface area contributed by atoms with Gasteiger partial charge in [0.05, 0.1) is 36.0 Å². The Morgan fingerprint density at radius 2 is 1.72 bits per heavy atom. The molecule has 3 saturated heterocycles. The number of hydrazine groups is 1. The van der Waals surface area contributed by atoms with Crippen LogP contribution in [0.4, 0.5) is 19.3 Å². The van der Waals surface area contributed by atoms with Gasteiger partial charge in [-0.05, 0) is 120 Å². The smallest absolute Gasteiger partial charge is 0.408 e. The molecule has 69 heavy (non-hydrogen) atoms. The number of alkyl halides is 2. The Bertz CT molecular complexity index is 2540. The first-order valence-electron chi connectivity index (χ1n) is 24.2. The fourth-order valence-electron chi connectivity index (χ4n) is 10.1. The van der Waals surface area contributed by atoms with E-state index in [1.165, 1.54) is 30.5 Å². The van der Waals surface area contributed by atoms with E-state index in [0.717, 1.165) is 71.7 Å². The highest BCUT2D eigenvalue weighted by atomic mass is 19.3. The number of methoxy groups -OCH3 is 1. The molecule has 4 aromatic rings. The summed E-state index contributed by atoms with van der Waals surface area (Å²) in [6, 6.07) is 10.8. The Hall–Kier alpha value is -5.65. The zero-order valence-corrected chi connectivity index (χ0v) is 41.5. The molecular formula is C52H69F2N7O8. The highest BCUT2D eigenvalue weighted by Gasteiger charge is 2.36. The third-order valence-electron chi connectivity index (χ3n) is 13.4. The summed E-state index contributed by atoms with van der Waals surface area (Å²) in [5.74, 6) is -2.14. The van der Waals surface area contributed by atoms with Crippen LogP contribution in [0.3, 0.4) is 0 Å². The molecule has 17 heteroatoms. The SMILES string of the molecule is CCn1c(-c2cc(N3CCN4CCCC4C3)cnc2[C@H](C)OC)c(CC(C)(C)COC(C)=O)c2cc(-c3cc(CC(NC(=O)OC(C)(C)C)C(=O)N4CCCC(C(=O)O)N4)cc(C(F)F)c3)ccc21. The molecule has 3 aliphatic heterocycles. The van der Waals surface area contributed by atoms with E-state index in [1.807, 2.05) is 31.3 Å². The van der Waals surface area contributed by atoms with Gasteiger partial charge in [-0.2, -0.15) is 0 Å². The van der Waals surface area contributed by atoms with E-state index in [9.17, 15) is 33.1 Å². The van der Waals surface area contributed by atoms with Crippen molar-refractivity contribution in [3.63, 3.8) is 0 Å². The van der Waals surface area contributed by atoms with E-state index >= 15 is 0 Å². The second-order valence-corrected chi connectivity index (χ2v) is 20.5. The number of aliphatic carboxylic acids is 1. The van der Waals surface area contributed by atoms with E-state index in [1.54, 1.807) is 33.9 Å². The number of benzene rings is 2. The summed E-state index contributed by atoms with van der Waals surface area (Å²) in [6.07, 6.45) is 1.18. The van der Waals surface area contributed by atoms with E-state index in [0.29, 0.717) is 48.5 Å². The van der Waals surface area contributed by atoms with Crippen molar-refractivity contribution in [3.8, 4) is 22.4 Å². The number of aromatic nitrogens is 2. The lowest BCUT2D eigenvalue weighted by Crippen LogP contribution is -2.60. The summed E-state index contributed by atoms with van der Waals surface area (Å²) in [5.41, 5.74) is 8.03. The normalized spacial score (nSPS) is 18.8. The average molecular weight is 958 g/mol. The molecule has 0 radical (unpaired) electrons. The molecule has 5 heterocycles. The maximum atomic E-state index is 14.9. The lowest BCUT2D eigenvalue weighted by molar-refractivity contribution is -0.148. The number of hydrogen-bond acceptors (Lipinski definition) is 11. The standard InChI is InChI=1S/C52H69F2N7O8/c1-10-60-44-16-15-34(35-21-33(22-36(24-35)47(53)54)23-43(56-50(66)69-51(4,5)6)48(63)61-18-12-14-42(57-61)49(64)65)25-39(44)41(27-52(7,8)30-68-32(3)62)46(60)40-26-38(28-55-45(40)31(2)67-9)59-20-19-58-17-11-13-37(58)29-59/h15-16,21-22,24-26,28,31,37,42-43,47,57H,10-14,17-20,23,27,29-30H2,1-9H3,(H,56,66)(H,64,65)/t31-,37?,42?,43?/m0/s1. The number of piperazine rings is 1. The minimum atomic E-state index is -2.87. The lowest BCUT2D eigenvalue weighted by Gasteiger charge is -2.39. The molecular weight excluding hydrogens is 889 g/mol. The number of carbonyl (C=O) groups is 4. The van der Waals surface area contributed by atoms with Crippen molar-refractivity contribution in [2.24, 2.45) is 5.41 Å². The zero-order chi connectivity index (χ0) is 49.9. The van der Waals surface area contributed by atoms with Crippen molar-refractivity contribution in [2.45, 2.75) is 137 Å². The van der Waals surface area contributed by atoms with Gasteiger partial charge in [0, 0.05) is 86.7 Å². The number of carboxylic acids is 1. The number of esters is 1. The second-order valence-electron chi connectivity index (χ2n) is 20.5. The van der Waals surface area contributed by atoms with Gasteiger partial charge in [-0.15, -0.1) is 0 Å². The van der Waals surface area contributed by atoms with Gasteiger partial charge < -0.3 is 34.1 Å². The van der Waals surface area contributed by atoms with Crippen molar-refractivity contribution < 1.29 is 47.3 Å². The van der Waals surface area contributed by atoms with Crippen LogP contribution in [0.2, 0.25) is 0 Å². The first-order valence-corrected chi connectivity index (χ1v) is 24.2. The van der Waals surface area contributed by atoms with Crippen molar-refractivity contribution >= 4 is 40.5 Å². The average Bonchev–Trinajstić information content (AvgIpc) is 3.90. The molecule has 2 aromatic carbocycles. The number of carboxylic acid groups (broad SMARTS) is 1. The van der Waals surface area contributed by atoms with Crippen LogP contribution in [0, 0.1) is 5.41 Å². The Morgan fingerprint density at radius 1 is 0.971 bits per heavy atom. The highest BCUT2D eigenvalue weighted by molar-refractivity contribution is 5.96. The first-order chi connectivity index (χ1) is 32.6. The molecule has 3 N–H and O–H groups in total. The predicted octanol–water partition coefficient (Wildman–Crippen LogP) is 8.47. The molecule has 0 saturated carbocycles. The van der Waals surface area contributed by atoms with Crippen LogP contribution in [0.15, 0.2) is 48.7 Å². The monoisotopic (exact) mass is 958 g/mol. The van der Waals surface area contributed by atoms with Gasteiger partial charge in [0.25, 0.3) is 12.3 Å². The number of anilines is 1.